The SMILES string of the molecule is CCN(Cc1ccccc1)c1ccnc(N2CCN(c3ccccn3)CC2)n1. The Labute approximate surface area is 166 Å². The topological polar surface area (TPSA) is 48.4 Å². The number of hydrogen-bond donors (Lipinski definition) is 0. The fraction of sp³-hybridized carbons (Fsp3) is 0.318. The first kappa shape index (κ1) is 18.2. The number of benzene rings is 1. The summed E-state index contributed by atoms with van der Waals surface area (Å²) in [4.78, 5) is 20.7. The molecule has 0 spiro atoms. The van der Waals surface area contributed by atoms with Crippen LogP contribution in [0.5, 0.6) is 0 Å². The summed E-state index contributed by atoms with van der Waals surface area (Å²) < 4.78 is 0. The van der Waals surface area contributed by atoms with Crippen molar-refractivity contribution in [3.8, 4) is 0 Å². The predicted octanol–water partition coefficient (Wildman–Crippen LogP) is 3.22. The number of hydrogen-bond acceptors (Lipinski definition) is 6. The van der Waals surface area contributed by atoms with Crippen molar-refractivity contribution in [1.82, 2.24) is 15.0 Å². The number of rotatable bonds is 6. The van der Waals surface area contributed by atoms with Crippen molar-refractivity contribution in [2.75, 3.05) is 47.4 Å². The summed E-state index contributed by atoms with van der Waals surface area (Å²) in [6, 6.07) is 18.6. The Morgan fingerprint density at radius 3 is 2.29 bits per heavy atom. The van der Waals surface area contributed by atoms with Crippen LogP contribution in [0.4, 0.5) is 17.6 Å². The molecule has 28 heavy (non-hydrogen) atoms. The van der Waals surface area contributed by atoms with Gasteiger partial charge in [-0.05, 0) is 30.7 Å². The molecule has 144 valence electrons. The minimum absolute atomic E-state index is 0.810. The van der Waals surface area contributed by atoms with Crippen molar-refractivity contribution in [3.63, 3.8) is 0 Å². The van der Waals surface area contributed by atoms with Crippen LogP contribution in [0.25, 0.3) is 0 Å². The van der Waals surface area contributed by atoms with Crippen molar-refractivity contribution < 1.29 is 0 Å². The Morgan fingerprint density at radius 2 is 1.57 bits per heavy atom. The lowest BCUT2D eigenvalue weighted by Crippen LogP contribution is -2.47. The number of pyridine rings is 1. The summed E-state index contributed by atoms with van der Waals surface area (Å²) in [5.41, 5.74) is 1.29. The largest absolute Gasteiger partial charge is 0.353 e. The van der Waals surface area contributed by atoms with Crippen LogP contribution in [-0.4, -0.2) is 47.7 Å². The lowest BCUT2D eigenvalue weighted by molar-refractivity contribution is 0.633. The first-order valence-electron chi connectivity index (χ1n) is 9.86. The molecule has 0 aliphatic carbocycles. The fourth-order valence-electron chi connectivity index (χ4n) is 3.50. The third kappa shape index (κ3) is 4.22. The van der Waals surface area contributed by atoms with Crippen LogP contribution in [0, 0.1) is 0 Å². The zero-order chi connectivity index (χ0) is 19.2. The maximum absolute atomic E-state index is 4.87. The molecule has 3 aromatic rings. The molecular weight excluding hydrogens is 348 g/mol. The van der Waals surface area contributed by atoms with E-state index < -0.39 is 0 Å². The lowest BCUT2D eigenvalue weighted by Gasteiger charge is -2.35. The molecular formula is C22H26N6. The zero-order valence-electron chi connectivity index (χ0n) is 16.3. The number of anilines is 3. The van der Waals surface area contributed by atoms with Crippen molar-refractivity contribution in [3.05, 3.63) is 72.6 Å². The third-order valence-corrected chi connectivity index (χ3v) is 5.09. The molecule has 1 aliphatic rings. The molecule has 0 N–H and O–H groups in total. The molecule has 1 aromatic carbocycles. The van der Waals surface area contributed by atoms with Gasteiger partial charge in [0.15, 0.2) is 0 Å². The molecule has 0 atom stereocenters. The predicted molar refractivity (Wildman–Crippen MR) is 114 cm³/mol. The summed E-state index contributed by atoms with van der Waals surface area (Å²) in [5.74, 6) is 2.82. The second kappa shape index (κ2) is 8.69. The van der Waals surface area contributed by atoms with Crippen LogP contribution in [-0.2, 0) is 6.54 Å². The summed E-state index contributed by atoms with van der Waals surface area (Å²) in [6.45, 7) is 7.55. The van der Waals surface area contributed by atoms with E-state index in [9.17, 15) is 0 Å². The Kier molecular flexibility index (Phi) is 5.66. The van der Waals surface area contributed by atoms with Crippen molar-refractivity contribution in [2.24, 2.45) is 0 Å². The van der Waals surface area contributed by atoms with Gasteiger partial charge in [0.1, 0.15) is 11.6 Å². The average Bonchev–Trinajstić information content (AvgIpc) is 2.79. The van der Waals surface area contributed by atoms with Crippen molar-refractivity contribution in [2.45, 2.75) is 13.5 Å². The Bertz CT molecular complexity index is 862. The molecule has 0 saturated carbocycles. The van der Waals surface area contributed by atoms with Crippen LogP contribution in [0.1, 0.15) is 12.5 Å². The van der Waals surface area contributed by atoms with Gasteiger partial charge in [0, 0.05) is 51.7 Å². The molecule has 0 bridgehead atoms. The van der Waals surface area contributed by atoms with Crippen LogP contribution in [0.15, 0.2) is 67.0 Å². The highest BCUT2D eigenvalue weighted by Gasteiger charge is 2.20. The third-order valence-electron chi connectivity index (χ3n) is 5.09. The fourth-order valence-corrected chi connectivity index (χ4v) is 3.50. The molecule has 1 aliphatic heterocycles. The lowest BCUT2D eigenvalue weighted by atomic mass is 10.2. The molecule has 6 heteroatoms. The van der Waals surface area contributed by atoms with Gasteiger partial charge in [0.05, 0.1) is 0 Å². The molecule has 0 amide bonds. The van der Waals surface area contributed by atoms with Gasteiger partial charge in [0.25, 0.3) is 0 Å². The van der Waals surface area contributed by atoms with Crippen LogP contribution < -0.4 is 14.7 Å². The Hall–Kier alpha value is -3.15. The van der Waals surface area contributed by atoms with E-state index in [0.29, 0.717) is 0 Å². The number of piperazine rings is 1. The maximum atomic E-state index is 4.87. The van der Waals surface area contributed by atoms with Crippen LogP contribution >= 0.6 is 0 Å². The highest BCUT2D eigenvalue weighted by atomic mass is 15.3. The van der Waals surface area contributed by atoms with Gasteiger partial charge in [-0.2, -0.15) is 4.98 Å². The normalized spacial score (nSPS) is 14.2. The minimum Gasteiger partial charge on any atom is -0.353 e. The molecule has 6 nitrogen and oxygen atoms in total. The van der Waals surface area contributed by atoms with E-state index in [-0.39, 0.29) is 0 Å². The molecule has 1 fully saturated rings. The number of nitrogens with zero attached hydrogens (tertiary/aromatic N) is 6. The molecule has 4 rings (SSSR count). The summed E-state index contributed by atoms with van der Waals surface area (Å²) in [5, 5.41) is 0. The van der Waals surface area contributed by atoms with Crippen LogP contribution in [0.2, 0.25) is 0 Å². The monoisotopic (exact) mass is 374 g/mol. The molecule has 2 aromatic heterocycles. The standard InChI is InChI=1S/C22H26N6/c1-2-26(18-19-8-4-3-5-9-19)21-11-13-24-22(25-21)28-16-14-27(15-17-28)20-10-6-7-12-23-20/h3-13H,2,14-18H2,1H3. The van der Waals surface area contributed by atoms with E-state index >= 15 is 0 Å². The van der Waals surface area contributed by atoms with E-state index in [4.69, 9.17) is 4.98 Å². The maximum Gasteiger partial charge on any atom is 0.227 e. The smallest absolute Gasteiger partial charge is 0.227 e. The number of aromatic nitrogens is 3. The second-order valence-corrected chi connectivity index (χ2v) is 6.88. The highest BCUT2D eigenvalue weighted by Crippen LogP contribution is 2.20. The molecule has 0 radical (unpaired) electrons. The van der Waals surface area contributed by atoms with Gasteiger partial charge in [-0.15, -0.1) is 0 Å². The first-order chi connectivity index (χ1) is 13.8. The summed E-state index contributed by atoms with van der Waals surface area (Å²) in [6.07, 6.45) is 3.72. The zero-order valence-corrected chi connectivity index (χ0v) is 16.3. The van der Waals surface area contributed by atoms with Gasteiger partial charge >= 0.3 is 0 Å². The van der Waals surface area contributed by atoms with E-state index in [1.54, 1.807) is 0 Å². The first-order valence-corrected chi connectivity index (χ1v) is 9.86. The second-order valence-electron chi connectivity index (χ2n) is 6.88. The van der Waals surface area contributed by atoms with E-state index in [0.717, 1.165) is 56.9 Å². The average molecular weight is 374 g/mol. The van der Waals surface area contributed by atoms with Gasteiger partial charge in [-0.3, -0.25) is 0 Å². The molecule has 1 saturated heterocycles. The summed E-state index contributed by atoms with van der Waals surface area (Å²) >= 11 is 0. The van der Waals surface area contributed by atoms with Gasteiger partial charge in [0.2, 0.25) is 5.95 Å². The van der Waals surface area contributed by atoms with Gasteiger partial charge < -0.3 is 14.7 Å². The van der Waals surface area contributed by atoms with E-state index in [1.165, 1.54) is 5.56 Å². The van der Waals surface area contributed by atoms with E-state index in [1.807, 2.05) is 36.7 Å². The molecule has 0 unspecified atom stereocenters. The quantitative estimate of drug-likeness (QED) is 0.660. The van der Waals surface area contributed by atoms with Crippen molar-refractivity contribution >= 4 is 17.6 Å². The van der Waals surface area contributed by atoms with Crippen LogP contribution in [0.3, 0.4) is 0 Å². The Morgan fingerprint density at radius 1 is 0.821 bits per heavy atom. The summed E-state index contributed by atoms with van der Waals surface area (Å²) in [7, 11) is 0. The van der Waals surface area contributed by atoms with Crippen molar-refractivity contribution in [1.29, 1.82) is 0 Å². The highest BCUT2D eigenvalue weighted by molar-refractivity contribution is 5.46. The minimum atomic E-state index is 0.810. The Balaban J connectivity index is 1.43. The van der Waals surface area contributed by atoms with Gasteiger partial charge in [-0.25, -0.2) is 9.97 Å². The molecule has 3 heterocycles. The van der Waals surface area contributed by atoms with Gasteiger partial charge in [-0.1, -0.05) is 36.4 Å². The van der Waals surface area contributed by atoms with E-state index in [2.05, 4.69) is 61.9 Å².